The average molecular weight is 500 g/mol. The number of nitrogens with zero attached hydrogens (tertiary/aromatic N) is 3. The van der Waals surface area contributed by atoms with Gasteiger partial charge in [-0.1, -0.05) is 18.2 Å². The summed E-state index contributed by atoms with van der Waals surface area (Å²) in [5, 5.41) is 3.02. The smallest absolute Gasteiger partial charge is 0.243 e. The molecule has 1 N–H and O–H groups in total. The number of benzene rings is 3. The average Bonchev–Trinajstić information content (AvgIpc) is 2.89. The number of fused-ring (bicyclic) bond motifs is 2. The van der Waals surface area contributed by atoms with Gasteiger partial charge in [-0.25, -0.2) is 13.0 Å². The lowest BCUT2D eigenvalue weighted by atomic mass is 9.93. The second-order valence-electron chi connectivity index (χ2n) is 8.49. The predicted octanol–water partition coefficient (Wildman–Crippen LogP) is 2.90. The van der Waals surface area contributed by atoms with Gasteiger partial charge in [-0.3, -0.25) is 0 Å². The van der Waals surface area contributed by atoms with E-state index in [9.17, 15) is 8.42 Å². The Hall–Kier alpha value is -3.20. The lowest BCUT2D eigenvalue weighted by molar-refractivity contribution is 0.360. The molecule has 0 radical (unpaired) electrons. The van der Waals surface area contributed by atoms with Crippen LogP contribution in [-0.2, 0) is 10.0 Å². The maximum absolute atomic E-state index is 14.4. The highest BCUT2D eigenvalue weighted by Gasteiger charge is 2.30. The molecule has 35 heavy (non-hydrogen) atoms. The van der Waals surface area contributed by atoms with Crippen LogP contribution in [0.3, 0.4) is 0 Å². The van der Waals surface area contributed by atoms with Crippen molar-refractivity contribution in [3.63, 3.8) is 0 Å². The van der Waals surface area contributed by atoms with Crippen molar-refractivity contribution in [2.75, 3.05) is 59.1 Å². The molecule has 0 unspecified atom stereocenters. The van der Waals surface area contributed by atoms with Crippen LogP contribution in [0.25, 0.3) is 33.4 Å². The number of hydrogen-bond acceptors (Lipinski definition) is 5. The lowest BCUT2D eigenvalue weighted by Crippen LogP contribution is -2.46. The zero-order chi connectivity index (χ0) is 31.9. The van der Waals surface area contributed by atoms with Crippen molar-refractivity contribution in [3.8, 4) is 22.5 Å². The third-order valence-electron chi connectivity index (χ3n) is 5.84. The highest BCUT2D eigenvalue weighted by Crippen LogP contribution is 2.43. The van der Waals surface area contributed by atoms with Gasteiger partial charge in [0, 0.05) is 90.9 Å². The van der Waals surface area contributed by atoms with Gasteiger partial charge in [0.15, 0.2) is 0 Å². The van der Waals surface area contributed by atoms with Crippen molar-refractivity contribution in [1.82, 2.24) is 14.2 Å². The summed E-state index contributed by atoms with van der Waals surface area (Å²) in [6.07, 6.45) is 0. The van der Waals surface area contributed by atoms with Gasteiger partial charge < -0.3 is 14.6 Å². The van der Waals surface area contributed by atoms with Gasteiger partial charge in [-0.15, -0.1) is 0 Å². The summed E-state index contributed by atoms with van der Waals surface area (Å²) < 4.78 is 103. The Morgan fingerprint density at radius 3 is 2.46 bits per heavy atom. The van der Waals surface area contributed by atoms with E-state index in [1.165, 1.54) is 18.2 Å². The monoisotopic (exact) mass is 499 g/mol. The van der Waals surface area contributed by atoms with Crippen molar-refractivity contribution in [2.45, 2.75) is 4.90 Å². The molecule has 8 heteroatoms. The van der Waals surface area contributed by atoms with E-state index >= 15 is 0 Å². The van der Waals surface area contributed by atoms with Gasteiger partial charge in [0.2, 0.25) is 15.4 Å². The molecule has 182 valence electrons. The predicted molar refractivity (Wildman–Crippen MR) is 141 cm³/mol. The number of piperazine rings is 1. The van der Waals surface area contributed by atoms with E-state index in [0.717, 1.165) is 11.0 Å². The first-order valence-corrected chi connectivity index (χ1v) is 12.3. The van der Waals surface area contributed by atoms with Gasteiger partial charge >= 0.3 is 0 Å². The Bertz CT molecular complexity index is 1880. The van der Waals surface area contributed by atoms with E-state index in [2.05, 4.69) is 0 Å². The fourth-order valence-electron chi connectivity index (χ4n) is 4.05. The number of nitrogens with one attached hydrogen (secondary N) is 1. The van der Waals surface area contributed by atoms with Crippen LogP contribution in [0.5, 0.6) is 0 Å². The second kappa shape index (κ2) is 9.11. The first-order chi connectivity index (χ1) is 19.7. The summed E-state index contributed by atoms with van der Waals surface area (Å²) >= 11 is 0. The van der Waals surface area contributed by atoms with Crippen LogP contribution >= 0.6 is 0 Å². The number of sulfonamides is 1. The Morgan fingerprint density at radius 2 is 1.74 bits per heavy atom. The first kappa shape index (κ1) is 15.7. The molecule has 0 bridgehead atoms. The van der Waals surface area contributed by atoms with E-state index in [1.807, 2.05) is 49.8 Å². The fourth-order valence-corrected chi connectivity index (χ4v) is 5.27. The molecule has 0 amide bonds. The molecular weight excluding hydrogens is 460 g/mol. The molecule has 2 aromatic carbocycles. The molecule has 0 saturated carbocycles. The summed E-state index contributed by atoms with van der Waals surface area (Å²) in [6, 6.07) is 16.4. The van der Waals surface area contributed by atoms with Crippen LogP contribution in [0.1, 0.15) is 11.0 Å². The second-order valence-corrected chi connectivity index (χ2v) is 10.2. The highest BCUT2D eigenvalue weighted by molar-refractivity contribution is 7.89. The normalized spacial score (nSPS) is 24.1. The van der Waals surface area contributed by atoms with Crippen LogP contribution in [0.15, 0.2) is 70.0 Å². The topological polar surface area (TPSA) is 68.8 Å². The number of anilines is 1. The number of hydrogen-bond donors (Lipinski definition) is 1. The van der Waals surface area contributed by atoms with E-state index < -0.39 is 40.9 Å². The van der Waals surface area contributed by atoms with Crippen molar-refractivity contribution in [1.29, 1.82) is 0 Å². The summed E-state index contributed by atoms with van der Waals surface area (Å²) in [4.78, 5) is 1.35. The van der Waals surface area contributed by atoms with Crippen molar-refractivity contribution in [3.05, 3.63) is 66.0 Å². The SMILES string of the molecule is [2H]C1([2H])NC([2H])([2H])C([2H])([2H])N(S(=O)(=O)c2ccccc2-c2c3ccc(=[N+](C)C)cc-3oc3cc(N(C)C)ccc23)C1([2H])[2H]. The third-order valence-corrected chi connectivity index (χ3v) is 7.41. The summed E-state index contributed by atoms with van der Waals surface area (Å²) in [5.74, 6) is 0.428. The van der Waals surface area contributed by atoms with Crippen LogP contribution in [0.4, 0.5) is 5.69 Å². The van der Waals surface area contributed by atoms with Gasteiger partial charge in [-0.05, 0) is 24.3 Å². The van der Waals surface area contributed by atoms with Crippen LogP contribution in [0, 0.1) is 0 Å². The van der Waals surface area contributed by atoms with Crippen LogP contribution in [-0.4, -0.2) is 66.9 Å². The molecule has 2 aliphatic heterocycles. The quantitative estimate of drug-likeness (QED) is 0.346. The summed E-state index contributed by atoms with van der Waals surface area (Å²) in [6.45, 7) is -13.7. The Morgan fingerprint density at radius 1 is 1.00 bits per heavy atom. The Kier molecular flexibility index (Phi) is 4.09. The maximum atomic E-state index is 14.4. The first-order valence-electron chi connectivity index (χ1n) is 14.9. The molecule has 2 aromatic rings. The lowest BCUT2D eigenvalue weighted by Gasteiger charge is -2.28. The highest BCUT2D eigenvalue weighted by atomic mass is 32.2. The summed E-state index contributed by atoms with van der Waals surface area (Å²) in [5.41, 5.74) is 2.26. The maximum Gasteiger partial charge on any atom is 0.243 e. The zero-order valence-corrected chi connectivity index (χ0v) is 20.6. The molecule has 0 spiro atoms. The van der Waals surface area contributed by atoms with Gasteiger partial charge in [0.05, 0.1) is 11.0 Å². The molecule has 1 saturated heterocycles. The zero-order valence-electron chi connectivity index (χ0n) is 27.7. The Balaban J connectivity index is 1.88. The van der Waals surface area contributed by atoms with Crippen molar-refractivity contribution in [2.24, 2.45) is 0 Å². The molecule has 1 aliphatic carbocycles. The minimum absolute atomic E-state index is 0.0785. The van der Waals surface area contributed by atoms with Gasteiger partial charge in [0.1, 0.15) is 25.4 Å². The Labute approximate surface area is 217 Å². The minimum Gasteiger partial charge on any atom is -0.456 e. The van der Waals surface area contributed by atoms with E-state index in [-0.39, 0.29) is 9.87 Å². The molecule has 7 nitrogen and oxygen atoms in total. The van der Waals surface area contributed by atoms with Gasteiger partial charge in [-0.2, -0.15) is 4.31 Å². The molecule has 1 fully saturated rings. The third kappa shape index (κ3) is 4.22. The van der Waals surface area contributed by atoms with Crippen molar-refractivity contribution >= 4 is 26.7 Å². The van der Waals surface area contributed by atoms with E-state index in [1.54, 1.807) is 35.6 Å². The van der Waals surface area contributed by atoms with E-state index in [0.29, 0.717) is 27.9 Å². The molecule has 0 atom stereocenters. The molecule has 5 rings (SSSR count). The standard InChI is InChI=1S/C27H31N4O3S/c1-29(2)19-9-11-21-24(17-19)34-25-18-20(30(3)4)10-12-22(25)27(21)23-7-5-6-8-26(23)35(32,33)31-15-13-28-14-16-31/h5-12,17-18,28H,13-16H2,1-4H3/q+1/i13D2,14D2,15D2,16D2. The fraction of sp³-hybridized carbons (Fsp3) is 0.296. The largest absolute Gasteiger partial charge is 0.456 e. The molecule has 3 aliphatic rings. The molecule has 0 aromatic heterocycles. The van der Waals surface area contributed by atoms with E-state index in [4.69, 9.17) is 15.4 Å². The van der Waals surface area contributed by atoms with Crippen LogP contribution < -0.4 is 20.1 Å². The molecule has 2 heterocycles. The van der Waals surface area contributed by atoms with Crippen molar-refractivity contribution < 1.29 is 23.8 Å². The van der Waals surface area contributed by atoms with Gasteiger partial charge in [0.25, 0.3) is 0 Å². The molecular formula is C27H31N4O3S+. The minimum atomic E-state index is -5.26. The summed E-state index contributed by atoms with van der Waals surface area (Å²) in [7, 11) is 2.19. The van der Waals surface area contributed by atoms with Crippen LogP contribution in [0.2, 0.25) is 0 Å². The number of rotatable bonds is 4.